The summed E-state index contributed by atoms with van der Waals surface area (Å²) in [5.74, 6) is -0.0134. The van der Waals surface area contributed by atoms with Crippen LogP contribution in [0.3, 0.4) is 0 Å². The van der Waals surface area contributed by atoms with E-state index < -0.39 is 17.7 Å². The van der Waals surface area contributed by atoms with Gasteiger partial charge in [0.1, 0.15) is 11.3 Å². The van der Waals surface area contributed by atoms with Crippen LogP contribution in [0.15, 0.2) is 17.8 Å². The summed E-state index contributed by atoms with van der Waals surface area (Å²) in [5.41, 5.74) is -0.423. The van der Waals surface area contributed by atoms with Gasteiger partial charge in [0.15, 0.2) is 11.5 Å². The van der Waals surface area contributed by atoms with E-state index in [9.17, 15) is 9.59 Å². The topological polar surface area (TPSA) is 83.1 Å². The van der Waals surface area contributed by atoms with Gasteiger partial charge in [0.2, 0.25) is 0 Å². The fraction of sp³-hybridized carbons (Fsp3) is 0.412. The SMILES string of the molecule is COC(=O)C(=Cc1ccc(OC)c(OC)c1Cl)NC(=O)OC(C)(C)C. The second-order valence-electron chi connectivity index (χ2n) is 5.88. The van der Waals surface area contributed by atoms with Crippen molar-refractivity contribution in [3.63, 3.8) is 0 Å². The number of alkyl carbamates (subject to hydrolysis) is 1. The normalized spacial score (nSPS) is 11.6. The van der Waals surface area contributed by atoms with E-state index in [1.807, 2.05) is 0 Å². The van der Waals surface area contributed by atoms with E-state index in [1.165, 1.54) is 27.4 Å². The van der Waals surface area contributed by atoms with E-state index in [4.69, 9.17) is 25.8 Å². The van der Waals surface area contributed by atoms with Crippen LogP contribution in [0.5, 0.6) is 11.5 Å². The Hall–Kier alpha value is -2.41. The van der Waals surface area contributed by atoms with Crippen molar-refractivity contribution in [2.45, 2.75) is 26.4 Å². The van der Waals surface area contributed by atoms with Crippen LogP contribution in [0.1, 0.15) is 26.3 Å². The zero-order valence-electron chi connectivity index (χ0n) is 15.1. The molecule has 0 fully saturated rings. The Kier molecular flexibility index (Phi) is 7.11. The highest BCUT2D eigenvalue weighted by molar-refractivity contribution is 6.34. The quantitative estimate of drug-likeness (QED) is 0.631. The number of carbonyl (C=O) groups excluding carboxylic acids is 2. The molecule has 0 bridgehead atoms. The summed E-state index contributed by atoms with van der Waals surface area (Å²) in [5, 5.41) is 2.58. The fourth-order valence-corrected chi connectivity index (χ4v) is 2.13. The van der Waals surface area contributed by atoms with E-state index in [0.29, 0.717) is 17.1 Å². The third-order valence-corrected chi connectivity index (χ3v) is 3.25. The lowest BCUT2D eigenvalue weighted by atomic mass is 10.1. The van der Waals surface area contributed by atoms with E-state index in [0.717, 1.165) is 0 Å². The van der Waals surface area contributed by atoms with Crippen LogP contribution in [-0.4, -0.2) is 39.0 Å². The van der Waals surface area contributed by atoms with Crippen molar-refractivity contribution < 1.29 is 28.5 Å². The van der Waals surface area contributed by atoms with Gasteiger partial charge in [-0.25, -0.2) is 9.59 Å². The number of esters is 1. The number of hydrogen-bond acceptors (Lipinski definition) is 6. The Labute approximate surface area is 151 Å². The molecule has 7 nitrogen and oxygen atoms in total. The molecule has 0 aliphatic rings. The number of methoxy groups -OCH3 is 3. The number of amides is 1. The average molecular weight is 372 g/mol. The molecule has 1 rings (SSSR count). The average Bonchev–Trinajstić information content (AvgIpc) is 2.52. The molecule has 1 amide bonds. The summed E-state index contributed by atoms with van der Waals surface area (Å²) in [6.45, 7) is 5.12. The van der Waals surface area contributed by atoms with Gasteiger partial charge in [0.05, 0.1) is 26.4 Å². The summed E-state index contributed by atoms with van der Waals surface area (Å²) >= 11 is 6.28. The van der Waals surface area contributed by atoms with Crippen molar-refractivity contribution >= 4 is 29.7 Å². The minimum absolute atomic E-state index is 0.133. The zero-order chi connectivity index (χ0) is 19.2. The van der Waals surface area contributed by atoms with Gasteiger partial charge in [-0.2, -0.15) is 0 Å². The first-order valence-electron chi connectivity index (χ1n) is 7.33. The highest BCUT2D eigenvalue weighted by Crippen LogP contribution is 2.38. The molecule has 1 N–H and O–H groups in total. The fourth-order valence-electron chi connectivity index (χ4n) is 1.84. The van der Waals surface area contributed by atoms with Crippen molar-refractivity contribution in [1.82, 2.24) is 5.32 Å². The second kappa shape index (κ2) is 8.62. The Bertz CT molecular complexity index is 678. The van der Waals surface area contributed by atoms with Gasteiger partial charge in [0.25, 0.3) is 0 Å². The molecular formula is C17H22ClNO6. The molecule has 0 unspecified atom stereocenters. The molecule has 25 heavy (non-hydrogen) atoms. The number of nitrogens with one attached hydrogen (secondary N) is 1. The molecule has 138 valence electrons. The van der Waals surface area contributed by atoms with Crippen molar-refractivity contribution in [2.24, 2.45) is 0 Å². The van der Waals surface area contributed by atoms with Crippen LogP contribution in [-0.2, 0) is 14.3 Å². The third kappa shape index (κ3) is 5.86. The van der Waals surface area contributed by atoms with Crippen molar-refractivity contribution in [3.05, 3.63) is 28.4 Å². The molecule has 0 saturated heterocycles. The smallest absolute Gasteiger partial charge is 0.412 e. The van der Waals surface area contributed by atoms with Crippen LogP contribution in [0, 0.1) is 0 Å². The molecule has 0 heterocycles. The largest absolute Gasteiger partial charge is 0.493 e. The van der Waals surface area contributed by atoms with E-state index in [-0.39, 0.29) is 10.7 Å². The molecule has 1 aromatic carbocycles. The Morgan fingerprint density at radius 3 is 2.24 bits per heavy atom. The molecule has 0 spiro atoms. The molecule has 0 radical (unpaired) electrons. The van der Waals surface area contributed by atoms with Crippen LogP contribution >= 0.6 is 11.6 Å². The monoisotopic (exact) mass is 371 g/mol. The van der Waals surface area contributed by atoms with E-state index in [1.54, 1.807) is 32.9 Å². The van der Waals surface area contributed by atoms with Gasteiger partial charge in [-0.15, -0.1) is 0 Å². The van der Waals surface area contributed by atoms with Crippen LogP contribution in [0.2, 0.25) is 5.02 Å². The van der Waals surface area contributed by atoms with Crippen LogP contribution in [0.4, 0.5) is 4.79 Å². The summed E-state index contributed by atoms with van der Waals surface area (Å²) in [4.78, 5) is 23.9. The molecule has 0 aliphatic heterocycles. The Balaban J connectivity index is 3.24. The lowest BCUT2D eigenvalue weighted by Crippen LogP contribution is -2.34. The number of halogens is 1. The molecule has 0 aliphatic carbocycles. The van der Waals surface area contributed by atoms with E-state index >= 15 is 0 Å². The zero-order valence-corrected chi connectivity index (χ0v) is 15.8. The standard InChI is InChI=1S/C17H22ClNO6/c1-17(2,3)25-16(21)19-11(15(20)24-6)9-10-7-8-12(22-4)14(23-5)13(10)18/h7-9H,1-6H3,(H,19,21). The number of hydrogen-bond donors (Lipinski definition) is 1. The van der Waals surface area contributed by atoms with E-state index in [2.05, 4.69) is 10.1 Å². The van der Waals surface area contributed by atoms with Gasteiger partial charge in [-0.05, 0) is 44.5 Å². The number of rotatable bonds is 5. The molecule has 0 aromatic heterocycles. The first-order valence-corrected chi connectivity index (χ1v) is 7.71. The number of benzene rings is 1. The maximum atomic E-state index is 11.9. The third-order valence-electron chi connectivity index (χ3n) is 2.86. The predicted octanol–water partition coefficient (Wildman–Crippen LogP) is 3.40. The highest BCUT2D eigenvalue weighted by Gasteiger charge is 2.21. The number of ether oxygens (including phenoxy) is 4. The lowest BCUT2D eigenvalue weighted by Gasteiger charge is -2.20. The molecule has 0 saturated carbocycles. The van der Waals surface area contributed by atoms with Crippen molar-refractivity contribution in [1.29, 1.82) is 0 Å². The van der Waals surface area contributed by atoms with Gasteiger partial charge < -0.3 is 18.9 Å². The second-order valence-corrected chi connectivity index (χ2v) is 6.26. The first-order chi connectivity index (χ1) is 11.6. The Morgan fingerprint density at radius 2 is 1.76 bits per heavy atom. The van der Waals surface area contributed by atoms with Crippen molar-refractivity contribution in [2.75, 3.05) is 21.3 Å². The highest BCUT2D eigenvalue weighted by atomic mass is 35.5. The van der Waals surface area contributed by atoms with Crippen LogP contribution < -0.4 is 14.8 Å². The van der Waals surface area contributed by atoms with Crippen molar-refractivity contribution in [3.8, 4) is 11.5 Å². The summed E-state index contributed by atoms with van der Waals surface area (Å²) < 4.78 is 20.2. The minimum Gasteiger partial charge on any atom is -0.493 e. The predicted molar refractivity (Wildman–Crippen MR) is 93.9 cm³/mol. The first kappa shape index (κ1) is 20.6. The summed E-state index contributed by atoms with van der Waals surface area (Å²) in [7, 11) is 4.12. The maximum absolute atomic E-state index is 11.9. The molecule has 8 heteroatoms. The minimum atomic E-state index is -0.791. The number of carbonyl (C=O) groups is 2. The van der Waals surface area contributed by atoms with Gasteiger partial charge in [-0.3, -0.25) is 5.32 Å². The summed E-state index contributed by atoms with van der Waals surface area (Å²) in [6, 6.07) is 3.24. The lowest BCUT2D eigenvalue weighted by molar-refractivity contribution is -0.136. The van der Waals surface area contributed by atoms with Crippen LogP contribution in [0.25, 0.3) is 6.08 Å². The molecular weight excluding hydrogens is 350 g/mol. The van der Waals surface area contributed by atoms with Gasteiger partial charge in [0, 0.05) is 0 Å². The van der Waals surface area contributed by atoms with Gasteiger partial charge >= 0.3 is 12.1 Å². The molecule has 1 aromatic rings. The Morgan fingerprint density at radius 1 is 1.12 bits per heavy atom. The maximum Gasteiger partial charge on any atom is 0.412 e. The summed E-state index contributed by atoms with van der Waals surface area (Å²) in [6.07, 6.45) is 0.570. The molecule has 0 atom stereocenters. The van der Waals surface area contributed by atoms with Gasteiger partial charge in [-0.1, -0.05) is 11.6 Å².